The molecule has 1 amide bonds. The van der Waals surface area contributed by atoms with Gasteiger partial charge in [0.2, 0.25) is 0 Å². The summed E-state index contributed by atoms with van der Waals surface area (Å²) in [5.41, 5.74) is 3.24. The Morgan fingerprint density at radius 1 is 1.00 bits per heavy atom. The maximum absolute atomic E-state index is 14.2. The van der Waals surface area contributed by atoms with E-state index in [9.17, 15) is 9.18 Å². The maximum Gasteiger partial charge on any atom is 0.257 e. The molecule has 8 heteroatoms. The molecule has 2 aliphatic heterocycles. The highest BCUT2D eigenvalue weighted by Gasteiger charge is 2.34. The number of piperazine rings is 1. The quantitative estimate of drug-likeness (QED) is 0.420. The van der Waals surface area contributed by atoms with Crippen LogP contribution in [0.5, 0.6) is 5.75 Å². The smallest absolute Gasteiger partial charge is 0.257 e. The summed E-state index contributed by atoms with van der Waals surface area (Å²) >= 11 is 6.47. The molecule has 0 aromatic heterocycles. The third kappa shape index (κ3) is 5.63. The average Bonchev–Trinajstić information content (AvgIpc) is 3.36. The molecule has 192 valence electrons. The Morgan fingerprint density at radius 3 is 2.41 bits per heavy atom. The highest BCUT2D eigenvalue weighted by molar-refractivity contribution is 6.34. The number of benzene rings is 3. The second-order valence-corrected chi connectivity index (χ2v) is 9.61. The summed E-state index contributed by atoms with van der Waals surface area (Å²) in [6, 6.07) is 22.0. The number of hydrogen-bond donors (Lipinski definition) is 0. The Hall–Kier alpha value is -3.42. The van der Waals surface area contributed by atoms with Gasteiger partial charge in [0, 0.05) is 43.2 Å². The van der Waals surface area contributed by atoms with Crippen LogP contribution in [-0.2, 0) is 4.79 Å². The molecule has 3 aromatic carbocycles. The van der Waals surface area contributed by atoms with Gasteiger partial charge in [-0.15, -0.1) is 0 Å². The molecule has 2 aliphatic rings. The Kier molecular flexibility index (Phi) is 7.72. The summed E-state index contributed by atoms with van der Waals surface area (Å²) in [5, 5.41) is 7.00. The Balaban J connectivity index is 1.32. The molecule has 0 saturated carbocycles. The summed E-state index contributed by atoms with van der Waals surface area (Å²) in [6.45, 7) is 5.45. The van der Waals surface area contributed by atoms with Crippen molar-refractivity contribution < 1.29 is 13.9 Å². The van der Waals surface area contributed by atoms with Crippen LogP contribution in [0.2, 0.25) is 5.02 Å². The largest absolute Gasteiger partial charge is 0.494 e. The highest BCUT2D eigenvalue weighted by Crippen LogP contribution is 2.35. The van der Waals surface area contributed by atoms with Gasteiger partial charge in [0.1, 0.15) is 11.6 Å². The van der Waals surface area contributed by atoms with Crippen LogP contribution >= 0.6 is 11.6 Å². The lowest BCUT2D eigenvalue weighted by Crippen LogP contribution is -2.49. The van der Waals surface area contributed by atoms with Gasteiger partial charge in [0.15, 0.2) is 0 Å². The van der Waals surface area contributed by atoms with Crippen molar-refractivity contribution in [2.24, 2.45) is 5.10 Å². The normalized spacial score (nSPS) is 18.1. The predicted molar refractivity (Wildman–Crippen MR) is 145 cm³/mol. The van der Waals surface area contributed by atoms with Gasteiger partial charge < -0.3 is 9.64 Å². The second kappa shape index (κ2) is 11.3. The number of anilines is 1. The first-order chi connectivity index (χ1) is 18.0. The SMILES string of the molecule is CCOc1ccc(C2CC(c3ccccc3Cl)=NN2C(=O)CN2CCN(c3ccccc3F)CC2)cc1. The standard InChI is InChI=1S/C29H30ClFN4O2/c1-2-37-22-13-11-21(12-14-22)28-19-26(23-7-3-4-8-24(23)30)32-35(28)29(36)20-33-15-17-34(18-16-33)27-10-6-5-9-25(27)31/h3-14,28H,2,15-20H2,1H3. The van der Waals surface area contributed by atoms with Gasteiger partial charge in [0.25, 0.3) is 5.91 Å². The van der Waals surface area contributed by atoms with Crippen LogP contribution in [0.3, 0.4) is 0 Å². The van der Waals surface area contributed by atoms with Gasteiger partial charge in [-0.3, -0.25) is 9.69 Å². The lowest BCUT2D eigenvalue weighted by atomic mass is 9.98. The predicted octanol–water partition coefficient (Wildman–Crippen LogP) is 5.38. The van der Waals surface area contributed by atoms with E-state index in [0.29, 0.717) is 49.9 Å². The molecule has 5 rings (SSSR count). The number of nitrogens with zero attached hydrogens (tertiary/aromatic N) is 4. The zero-order valence-corrected chi connectivity index (χ0v) is 21.6. The molecule has 1 saturated heterocycles. The summed E-state index contributed by atoms with van der Waals surface area (Å²) < 4.78 is 19.8. The van der Waals surface area contributed by atoms with Crippen LogP contribution in [0.1, 0.15) is 30.5 Å². The molecule has 3 aromatic rings. The van der Waals surface area contributed by atoms with E-state index in [1.54, 1.807) is 17.1 Å². The molecular formula is C29H30ClFN4O2. The number of ether oxygens (including phenoxy) is 1. The molecule has 6 nitrogen and oxygen atoms in total. The van der Waals surface area contributed by atoms with E-state index >= 15 is 0 Å². The number of para-hydroxylation sites is 1. The van der Waals surface area contributed by atoms with Crippen LogP contribution in [-0.4, -0.2) is 60.9 Å². The van der Waals surface area contributed by atoms with Crippen LogP contribution in [0, 0.1) is 5.82 Å². The van der Waals surface area contributed by atoms with Crippen molar-refractivity contribution in [2.45, 2.75) is 19.4 Å². The van der Waals surface area contributed by atoms with Crippen molar-refractivity contribution in [3.05, 3.63) is 94.8 Å². The van der Waals surface area contributed by atoms with Crippen LogP contribution in [0.4, 0.5) is 10.1 Å². The van der Waals surface area contributed by atoms with E-state index in [-0.39, 0.29) is 24.3 Å². The Labute approximate surface area is 221 Å². The lowest BCUT2D eigenvalue weighted by Gasteiger charge is -2.36. The maximum atomic E-state index is 14.2. The topological polar surface area (TPSA) is 48.4 Å². The van der Waals surface area contributed by atoms with E-state index in [2.05, 4.69) is 4.90 Å². The van der Waals surface area contributed by atoms with E-state index in [0.717, 1.165) is 22.6 Å². The van der Waals surface area contributed by atoms with Crippen molar-refractivity contribution >= 4 is 28.9 Å². The van der Waals surface area contributed by atoms with Crippen LogP contribution in [0.25, 0.3) is 0 Å². The Bertz CT molecular complexity index is 1270. The van der Waals surface area contributed by atoms with E-state index in [1.165, 1.54) is 6.07 Å². The number of amides is 1. The molecule has 0 N–H and O–H groups in total. The van der Waals surface area contributed by atoms with Gasteiger partial charge in [-0.2, -0.15) is 5.10 Å². The highest BCUT2D eigenvalue weighted by atomic mass is 35.5. The zero-order valence-electron chi connectivity index (χ0n) is 20.8. The van der Waals surface area contributed by atoms with Crippen molar-refractivity contribution in [3.8, 4) is 5.75 Å². The van der Waals surface area contributed by atoms with Crippen LogP contribution in [0.15, 0.2) is 77.9 Å². The zero-order chi connectivity index (χ0) is 25.8. The van der Waals surface area contributed by atoms with Gasteiger partial charge in [-0.25, -0.2) is 9.40 Å². The first-order valence-corrected chi connectivity index (χ1v) is 13.0. The lowest BCUT2D eigenvalue weighted by molar-refractivity contribution is -0.134. The summed E-state index contributed by atoms with van der Waals surface area (Å²) in [7, 11) is 0. The van der Waals surface area contributed by atoms with Gasteiger partial charge >= 0.3 is 0 Å². The third-order valence-electron chi connectivity index (χ3n) is 6.85. The molecule has 2 heterocycles. The Morgan fingerprint density at radius 2 is 1.70 bits per heavy atom. The molecular weight excluding hydrogens is 491 g/mol. The average molecular weight is 521 g/mol. The number of hydrogen-bond acceptors (Lipinski definition) is 5. The summed E-state index contributed by atoms with van der Waals surface area (Å²) in [6.07, 6.45) is 0.574. The monoisotopic (exact) mass is 520 g/mol. The molecule has 0 bridgehead atoms. The molecule has 0 radical (unpaired) electrons. The second-order valence-electron chi connectivity index (χ2n) is 9.20. The van der Waals surface area contributed by atoms with Gasteiger partial charge in [0.05, 0.1) is 30.6 Å². The van der Waals surface area contributed by atoms with Crippen LogP contribution < -0.4 is 9.64 Å². The summed E-state index contributed by atoms with van der Waals surface area (Å²) in [4.78, 5) is 17.7. The molecule has 1 atom stereocenters. The number of carbonyl (C=O) groups excluding carboxylic acids is 1. The summed E-state index contributed by atoms with van der Waals surface area (Å²) in [5.74, 6) is 0.506. The van der Waals surface area contributed by atoms with Crippen molar-refractivity contribution in [2.75, 3.05) is 44.2 Å². The number of hydrazone groups is 1. The number of carbonyl (C=O) groups is 1. The molecule has 1 fully saturated rings. The fourth-order valence-corrected chi connectivity index (χ4v) is 5.17. The first kappa shape index (κ1) is 25.2. The fourth-order valence-electron chi connectivity index (χ4n) is 4.93. The molecule has 0 aliphatic carbocycles. The van der Waals surface area contributed by atoms with Gasteiger partial charge in [-0.1, -0.05) is 54.1 Å². The van der Waals surface area contributed by atoms with Crippen molar-refractivity contribution in [1.82, 2.24) is 9.91 Å². The number of halogens is 2. The first-order valence-electron chi connectivity index (χ1n) is 12.6. The minimum atomic E-state index is -0.228. The minimum absolute atomic E-state index is 0.0692. The van der Waals surface area contributed by atoms with E-state index in [4.69, 9.17) is 21.4 Å². The molecule has 0 spiro atoms. The molecule has 1 unspecified atom stereocenters. The van der Waals surface area contributed by atoms with Gasteiger partial charge in [-0.05, 0) is 42.8 Å². The third-order valence-corrected chi connectivity index (χ3v) is 7.18. The van der Waals surface area contributed by atoms with E-state index < -0.39 is 0 Å². The minimum Gasteiger partial charge on any atom is -0.494 e. The molecule has 37 heavy (non-hydrogen) atoms. The van der Waals surface area contributed by atoms with Crippen molar-refractivity contribution in [3.63, 3.8) is 0 Å². The number of rotatable bonds is 7. The van der Waals surface area contributed by atoms with Crippen molar-refractivity contribution in [1.29, 1.82) is 0 Å². The van der Waals surface area contributed by atoms with E-state index in [1.807, 2.05) is 66.4 Å². The fraction of sp³-hybridized carbons (Fsp3) is 0.310.